The second-order valence-electron chi connectivity index (χ2n) is 7.18. The molecule has 0 bridgehead atoms. The van der Waals surface area contributed by atoms with Crippen LogP contribution in [0.25, 0.3) is 0 Å². The van der Waals surface area contributed by atoms with Crippen LogP contribution in [0, 0.1) is 17.1 Å². The van der Waals surface area contributed by atoms with Crippen LogP contribution < -0.4 is 10.6 Å². The minimum Gasteiger partial charge on any atom is -0.352 e. The summed E-state index contributed by atoms with van der Waals surface area (Å²) in [5.41, 5.74) is 2.21. The summed E-state index contributed by atoms with van der Waals surface area (Å²) >= 11 is 0. The second-order valence-corrected chi connectivity index (χ2v) is 7.18. The van der Waals surface area contributed by atoms with Crippen molar-refractivity contribution in [1.82, 2.24) is 15.5 Å². The van der Waals surface area contributed by atoms with Gasteiger partial charge in [-0.15, -0.1) is 24.0 Å². The average Bonchev–Trinajstić information content (AvgIpc) is 3.05. The number of nitrogens with one attached hydrogen (secondary N) is 2. The maximum absolute atomic E-state index is 14.0. The highest BCUT2D eigenvalue weighted by molar-refractivity contribution is 14.0. The minimum absolute atomic E-state index is 0. The fourth-order valence-corrected chi connectivity index (χ4v) is 3.59. The molecular weight excluding hydrogens is 480 g/mol. The third-order valence-corrected chi connectivity index (χ3v) is 5.12. The molecule has 2 unspecified atom stereocenters. The van der Waals surface area contributed by atoms with Gasteiger partial charge in [-0.3, -0.25) is 9.89 Å². The van der Waals surface area contributed by atoms with E-state index in [0.717, 1.165) is 19.5 Å². The summed E-state index contributed by atoms with van der Waals surface area (Å²) in [4.78, 5) is 6.72. The standard InChI is InChI=1S/C22H26FN5.HI/c1-16-10-20(15-28(16)14-17-6-4-3-5-7-17)27-22(25-2)26-13-19-11-18(12-24)8-9-21(19)23;/h3-9,11,16,20H,10,13-15H2,1-2H3,(H2,25,26,27);1H. The first-order chi connectivity index (χ1) is 13.6. The van der Waals surface area contributed by atoms with Crippen LogP contribution in [0.15, 0.2) is 53.5 Å². The number of rotatable bonds is 5. The van der Waals surface area contributed by atoms with E-state index in [1.54, 1.807) is 13.1 Å². The maximum Gasteiger partial charge on any atom is 0.191 e. The van der Waals surface area contributed by atoms with Crippen LogP contribution in [0.3, 0.4) is 0 Å². The normalized spacial score (nSPS) is 19.3. The average molecular weight is 507 g/mol. The largest absolute Gasteiger partial charge is 0.352 e. The molecule has 0 amide bonds. The Morgan fingerprint density at radius 1 is 1.28 bits per heavy atom. The van der Waals surface area contributed by atoms with E-state index in [1.807, 2.05) is 12.1 Å². The molecule has 2 N–H and O–H groups in total. The van der Waals surface area contributed by atoms with Gasteiger partial charge in [0.05, 0.1) is 11.6 Å². The van der Waals surface area contributed by atoms with Crippen LogP contribution in [-0.2, 0) is 13.1 Å². The number of nitrogens with zero attached hydrogens (tertiary/aromatic N) is 3. The summed E-state index contributed by atoms with van der Waals surface area (Å²) in [6.07, 6.45) is 1.02. The molecule has 2 atom stereocenters. The van der Waals surface area contributed by atoms with Gasteiger partial charge in [0.15, 0.2) is 5.96 Å². The minimum atomic E-state index is -0.328. The molecule has 0 saturated carbocycles. The summed E-state index contributed by atoms with van der Waals surface area (Å²) in [5.74, 6) is 0.311. The van der Waals surface area contributed by atoms with Crippen LogP contribution in [0.2, 0.25) is 0 Å². The molecule has 1 aliphatic heterocycles. The van der Waals surface area contributed by atoms with Gasteiger partial charge in [-0.1, -0.05) is 30.3 Å². The Morgan fingerprint density at radius 2 is 2.03 bits per heavy atom. The number of likely N-dealkylation sites (tertiary alicyclic amines) is 1. The van der Waals surface area contributed by atoms with Crippen molar-refractivity contribution in [2.24, 2.45) is 4.99 Å². The molecule has 1 saturated heterocycles. The Kier molecular flexibility index (Phi) is 8.86. The van der Waals surface area contributed by atoms with Gasteiger partial charge in [-0.25, -0.2) is 4.39 Å². The van der Waals surface area contributed by atoms with E-state index in [1.165, 1.54) is 17.7 Å². The number of nitriles is 1. The lowest BCUT2D eigenvalue weighted by Crippen LogP contribution is -2.44. The van der Waals surface area contributed by atoms with Gasteiger partial charge < -0.3 is 10.6 Å². The van der Waals surface area contributed by atoms with Gasteiger partial charge in [0.25, 0.3) is 0 Å². The first-order valence-electron chi connectivity index (χ1n) is 9.52. The van der Waals surface area contributed by atoms with Crippen molar-refractivity contribution in [3.8, 4) is 6.07 Å². The number of halogens is 2. The van der Waals surface area contributed by atoms with Crippen molar-refractivity contribution in [1.29, 1.82) is 5.26 Å². The van der Waals surface area contributed by atoms with Gasteiger partial charge in [0, 0.05) is 44.3 Å². The van der Waals surface area contributed by atoms with Crippen LogP contribution in [0.1, 0.15) is 30.0 Å². The Bertz CT molecular complexity index is 865. The lowest BCUT2D eigenvalue weighted by molar-refractivity contribution is 0.258. The Balaban J connectivity index is 0.00000300. The van der Waals surface area contributed by atoms with E-state index in [0.29, 0.717) is 23.1 Å². The molecule has 29 heavy (non-hydrogen) atoms. The van der Waals surface area contributed by atoms with Crippen molar-refractivity contribution in [2.45, 2.75) is 38.5 Å². The highest BCUT2D eigenvalue weighted by Crippen LogP contribution is 2.20. The molecule has 1 fully saturated rings. The molecule has 2 aromatic carbocycles. The van der Waals surface area contributed by atoms with Crippen LogP contribution in [0.4, 0.5) is 4.39 Å². The number of aliphatic imine (C=N–C) groups is 1. The zero-order valence-electron chi connectivity index (χ0n) is 16.7. The smallest absolute Gasteiger partial charge is 0.191 e. The van der Waals surface area contributed by atoms with Crippen molar-refractivity contribution in [3.63, 3.8) is 0 Å². The summed E-state index contributed by atoms with van der Waals surface area (Å²) < 4.78 is 14.0. The summed E-state index contributed by atoms with van der Waals surface area (Å²) in [6.45, 7) is 4.37. The quantitative estimate of drug-likeness (QED) is 0.369. The molecule has 1 heterocycles. The fourth-order valence-electron chi connectivity index (χ4n) is 3.59. The van der Waals surface area contributed by atoms with Gasteiger partial charge in [0.2, 0.25) is 0 Å². The zero-order valence-corrected chi connectivity index (χ0v) is 19.1. The maximum atomic E-state index is 14.0. The zero-order chi connectivity index (χ0) is 19.9. The van der Waals surface area contributed by atoms with E-state index >= 15 is 0 Å². The number of benzene rings is 2. The predicted octanol–water partition coefficient (Wildman–Crippen LogP) is 3.64. The van der Waals surface area contributed by atoms with E-state index in [9.17, 15) is 4.39 Å². The third kappa shape index (κ3) is 6.41. The van der Waals surface area contributed by atoms with E-state index in [-0.39, 0.29) is 42.4 Å². The first-order valence-corrected chi connectivity index (χ1v) is 9.52. The Labute approximate surface area is 189 Å². The van der Waals surface area contributed by atoms with E-state index in [2.05, 4.69) is 51.7 Å². The lowest BCUT2D eigenvalue weighted by atomic mass is 10.1. The molecule has 2 aromatic rings. The number of hydrogen-bond acceptors (Lipinski definition) is 3. The lowest BCUT2D eigenvalue weighted by Gasteiger charge is -2.21. The molecular formula is C22H27FIN5. The first kappa shape index (κ1) is 23.1. The van der Waals surface area contributed by atoms with Crippen LogP contribution in [0.5, 0.6) is 0 Å². The van der Waals surface area contributed by atoms with Crippen LogP contribution >= 0.6 is 24.0 Å². The molecule has 0 radical (unpaired) electrons. The molecule has 0 spiro atoms. The molecule has 5 nitrogen and oxygen atoms in total. The van der Waals surface area contributed by atoms with Crippen LogP contribution in [-0.4, -0.2) is 36.5 Å². The summed E-state index contributed by atoms with van der Waals surface area (Å²) in [6, 6.07) is 17.6. The molecule has 3 rings (SSSR count). The number of hydrogen-bond donors (Lipinski definition) is 2. The monoisotopic (exact) mass is 507 g/mol. The Morgan fingerprint density at radius 3 is 2.72 bits per heavy atom. The van der Waals surface area contributed by atoms with Crippen molar-refractivity contribution < 1.29 is 4.39 Å². The van der Waals surface area contributed by atoms with E-state index < -0.39 is 0 Å². The molecule has 0 aromatic heterocycles. The summed E-state index contributed by atoms with van der Waals surface area (Å²) in [5, 5.41) is 15.6. The molecule has 1 aliphatic rings. The van der Waals surface area contributed by atoms with E-state index in [4.69, 9.17) is 5.26 Å². The van der Waals surface area contributed by atoms with Gasteiger partial charge >= 0.3 is 0 Å². The topological polar surface area (TPSA) is 63.5 Å². The summed E-state index contributed by atoms with van der Waals surface area (Å²) in [7, 11) is 1.71. The fraction of sp³-hybridized carbons (Fsp3) is 0.364. The van der Waals surface area contributed by atoms with Crippen molar-refractivity contribution in [3.05, 3.63) is 71.0 Å². The van der Waals surface area contributed by atoms with Gasteiger partial charge in [-0.2, -0.15) is 5.26 Å². The SMILES string of the molecule is CN=C(NCc1cc(C#N)ccc1F)NC1CC(C)N(Cc2ccccc2)C1.I. The predicted molar refractivity (Wildman–Crippen MR) is 125 cm³/mol. The van der Waals surface area contributed by atoms with Gasteiger partial charge in [0.1, 0.15) is 5.82 Å². The van der Waals surface area contributed by atoms with Gasteiger partial charge in [-0.05, 0) is 37.1 Å². The highest BCUT2D eigenvalue weighted by Gasteiger charge is 2.29. The Hall–Kier alpha value is -2.18. The molecule has 0 aliphatic carbocycles. The molecule has 154 valence electrons. The second kappa shape index (κ2) is 11.1. The molecule has 7 heteroatoms. The van der Waals surface area contributed by atoms with Crippen molar-refractivity contribution >= 4 is 29.9 Å². The number of guanidine groups is 1. The van der Waals surface area contributed by atoms with Crippen molar-refractivity contribution in [2.75, 3.05) is 13.6 Å². The highest BCUT2D eigenvalue weighted by atomic mass is 127. The third-order valence-electron chi connectivity index (χ3n) is 5.12.